The third-order valence-electron chi connectivity index (χ3n) is 3.33. The lowest BCUT2D eigenvalue weighted by Gasteiger charge is -2.28. The highest BCUT2D eigenvalue weighted by molar-refractivity contribution is 7.99. The Bertz CT molecular complexity index is 193. The first kappa shape index (κ1) is 15.3. The number of hydrogen-bond donors (Lipinski definition) is 1. The topological polar surface area (TPSA) is 15.3 Å². The Kier molecular flexibility index (Phi) is 6.90. The van der Waals surface area contributed by atoms with Gasteiger partial charge in [0.2, 0.25) is 0 Å². The fraction of sp³-hybridized carbons (Fsp3) is 1.00. The predicted octanol–water partition coefficient (Wildman–Crippen LogP) is 2.98. The van der Waals surface area contributed by atoms with Gasteiger partial charge in [0.25, 0.3) is 0 Å². The minimum Gasteiger partial charge on any atom is -0.312 e. The zero-order chi connectivity index (χ0) is 12.7. The fourth-order valence-corrected chi connectivity index (χ4v) is 3.15. The van der Waals surface area contributed by atoms with Crippen LogP contribution in [-0.2, 0) is 0 Å². The van der Waals surface area contributed by atoms with Crippen LogP contribution < -0.4 is 5.32 Å². The van der Waals surface area contributed by atoms with E-state index in [9.17, 15) is 0 Å². The Hall–Kier alpha value is 0.270. The smallest absolute Gasteiger partial charge is 0.00965 e. The maximum absolute atomic E-state index is 3.57. The van der Waals surface area contributed by atoms with Crippen molar-refractivity contribution in [1.82, 2.24) is 10.2 Å². The molecule has 2 nitrogen and oxygen atoms in total. The molecule has 1 aliphatic heterocycles. The normalized spacial score (nSPS) is 21.2. The molecular formula is C14H30N2S. The van der Waals surface area contributed by atoms with Crippen LogP contribution in [0.1, 0.15) is 47.0 Å². The van der Waals surface area contributed by atoms with Gasteiger partial charge in [-0.1, -0.05) is 0 Å². The lowest BCUT2D eigenvalue weighted by Crippen LogP contribution is -2.38. The van der Waals surface area contributed by atoms with Crippen molar-refractivity contribution in [3.05, 3.63) is 0 Å². The van der Waals surface area contributed by atoms with Gasteiger partial charge in [0, 0.05) is 23.9 Å². The summed E-state index contributed by atoms with van der Waals surface area (Å²) in [4.78, 5) is 2.68. The minimum absolute atomic E-state index is 0.266. The van der Waals surface area contributed by atoms with E-state index in [1.54, 1.807) is 0 Å². The molecule has 0 aliphatic carbocycles. The van der Waals surface area contributed by atoms with Gasteiger partial charge in [-0.05, 0) is 65.8 Å². The molecule has 17 heavy (non-hydrogen) atoms. The van der Waals surface area contributed by atoms with Gasteiger partial charge in [0.05, 0.1) is 0 Å². The monoisotopic (exact) mass is 258 g/mol. The highest BCUT2D eigenvalue weighted by Gasteiger charge is 2.15. The highest BCUT2D eigenvalue weighted by atomic mass is 32.2. The van der Waals surface area contributed by atoms with Crippen LogP contribution in [0.3, 0.4) is 0 Å². The van der Waals surface area contributed by atoms with E-state index in [0.29, 0.717) is 0 Å². The van der Waals surface area contributed by atoms with E-state index in [1.807, 2.05) is 0 Å². The van der Waals surface area contributed by atoms with Crippen molar-refractivity contribution in [2.24, 2.45) is 0 Å². The van der Waals surface area contributed by atoms with Gasteiger partial charge in [-0.15, -0.1) is 0 Å². The summed E-state index contributed by atoms with van der Waals surface area (Å²) in [6.45, 7) is 12.9. The van der Waals surface area contributed by atoms with Crippen molar-refractivity contribution in [1.29, 1.82) is 0 Å². The molecule has 0 saturated carbocycles. The average Bonchev–Trinajstić information content (AvgIpc) is 2.51. The first-order valence-corrected chi connectivity index (χ1v) is 8.21. The number of rotatable bonds is 5. The summed E-state index contributed by atoms with van der Waals surface area (Å²) in [6, 6.07) is 0.760. The van der Waals surface area contributed by atoms with Gasteiger partial charge in [0.1, 0.15) is 0 Å². The van der Waals surface area contributed by atoms with Crippen LogP contribution in [0.15, 0.2) is 0 Å². The van der Waals surface area contributed by atoms with Crippen molar-refractivity contribution in [3.8, 4) is 0 Å². The van der Waals surface area contributed by atoms with Crippen molar-refractivity contribution < 1.29 is 0 Å². The van der Waals surface area contributed by atoms with Crippen LogP contribution in [0.4, 0.5) is 0 Å². The molecule has 1 aliphatic rings. The molecule has 0 radical (unpaired) electrons. The summed E-state index contributed by atoms with van der Waals surface area (Å²) in [7, 11) is 0. The summed E-state index contributed by atoms with van der Waals surface area (Å²) in [5, 5.41) is 3.57. The minimum atomic E-state index is 0.266. The van der Waals surface area contributed by atoms with Crippen molar-refractivity contribution in [2.45, 2.75) is 58.5 Å². The Morgan fingerprint density at radius 1 is 1.24 bits per heavy atom. The first-order valence-electron chi connectivity index (χ1n) is 7.06. The molecule has 3 heteroatoms. The van der Waals surface area contributed by atoms with Crippen LogP contribution >= 0.6 is 11.8 Å². The summed E-state index contributed by atoms with van der Waals surface area (Å²) >= 11 is 2.11. The molecule has 0 aromatic heterocycles. The van der Waals surface area contributed by atoms with E-state index >= 15 is 0 Å². The summed E-state index contributed by atoms with van der Waals surface area (Å²) < 4.78 is 0. The maximum Gasteiger partial charge on any atom is 0.00965 e. The molecule has 1 saturated heterocycles. The van der Waals surface area contributed by atoms with Gasteiger partial charge < -0.3 is 5.32 Å². The Morgan fingerprint density at radius 3 is 2.71 bits per heavy atom. The van der Waals surface area contributed by atoms with Crippen LogP contribution in [0.25, 0.3) is 0 Å². The van der Waals surface area contributed by atoms with Crippen LogP contribution in [0.5, 0.6) is 0 Å². The standard InChI is InChI=1S/C14H30N2S/c1-13(7-5-8-15-14(2,3)4)16-9-6-11-17-12-10-16/h13,15H,5-12H2,1-4H3. The highest BCUT2D eigenvalue weighted by Crippen LogP contribution is 2.14. The molecule has 1 atom stereocenters. The fourth-order valence-electron chi connectivity index (χ4n) is 2.25. The second kappa shape index (κ2) is 7.65. The van der Waals surface area contributed by atoms with Gasteiger partial charge in [-0.3, -0.25) is 4.90 Å². The SMILES string of the molecule is CC(CCCNC(C)(C)C)N1CCCSCC1. The maximum atomic E-state index is 3.57. The van der Waals surface area contributed by atoms with Gasteiger partial charge in [-0.25, -0.2) is 0 Å². The summed E-state index contributed by atoms with van der Waals surface area (Å²) in [5.74, 6) is 2.68. The van der Waals surface area contributed by atoms with E-state index in [-0.39, 0.29) is 5.54 Å². The molecule has 0 aromatic carbocycles. The molecule has 1 N–H and O–H groups in total. The molecule has 102 valence electrons. The Morgan fingerprint density at radius 2 is 2.00 bits per heavy atom. The predicted molar refractivity (Wildman–Crippen MR) is 80.0 cm³/mol. The van der Waals surface area contributed by atoms with Crippen molar-refractivity contribution >= 4 is 11.8 Å². The summed E-state index contributed by atoms with van der Waals surface area (Å²) in [5.41, 5.74) is 0.266. The van der Waals surface area contributed by atoms with E-state index in [4.69, 9.17) is 0 Å². The van der Waals surface area contributed by atoms with Gasteiger partial charge in [-0.2, -0.15) is 11.8 Å². The van der Waals surface area contributed by atoms with E-state index in [0.717, 1.165) is 12.6 Å². The molecule has 0 spiro atoms. The molecule has 1 fully saturated rings. The molecule has 1 unspecified atom stereocenters. The molecule has 0 bridgehead atoms. The quantitative estimate of drug-likeness (QED) is 0.763. The molecule has 1 heterocycles. The van der Waals surface area contributed by atoms with Crippen LogP contribution in [0.2, 0.25) is 0 Å². The third-order valence-corrected chi connectivity index (χ3v) is 4.38. The number of thioether (sulfide) groups is 1. The van der Waals surface area contributed by atoms with E-state index in [1.165, 1.54) is 43.9 Å². The van der Waals surface area contributed by atoms with Gasteiger partial charge >= 0.3 is 0 Å². The van der Waals surface area contributed by atoms with Gasteiger partial charge in [0.15, 0.2) is 0 Å². The number of hydrogen-bond acceptors (Lipinski definition) is 3. The largest absolute Gasteiger partial charge is 0.312 e. The second-order valence-electron chi connectivity index (χ2n) is 6.17. The number of nitrogens with zero attached hydrogens (tertiary/aromatic N) is 1. The van der Waals surface area contributed by atoms with Crippen LogP contribution in [-0.4, -0.2) is 47.6 Å². The zero-order valence-corrected chi connectivity index (χ0v) is 12.9. The zero-order valence-electron chi connectivity index (χ0n) is 12.1. The van der Waals surface area contributed by atoms with Crippen molar-refractivity contribution in [3.63, 3.8) is 0 Å². The molecule has 0 aromatic rings. The Balaban J connectivity index is 2.13. The second-order valence-corrected chi connectivity index (χ2v) is 7.39. The number of nitrogens with one attached hydrogen (secondary N) is 1. The first-order chi connectivity index (χ1) is 7.99. The summed E-state index contributed by atoms with van der Waals surface area (Å²) in [6.07, 6.45) is 3.99. The van der Waals surface area contributed by atoms with Crippen LogP contribution in [0, 0.1) is 0 Å². The molecular weight excluding hydrogens is 228 g/mol. The van der Waals surface area contributed by atoms with E-state index < -0.39 is 0 Å². The Labute approximate surface area is 112 Å². The molecule has 0 amide bonds. The van der Waals surface area contributed by atoms with E-state index in [2.05, 4.69) is 49.7 Å². The lowest BCUT2D eigenvalue weighted by atomic mass is 10.1. The lowest BCUT2D eigenvalue weighted by molar-refractivity contribution is 0.211. The third kappa shape index (κ3) is 7.32. The van der Waals surface area contributed by atoms with Crippen molar-refractivity contribution in [2.75, 3.05) is 31.1 Å². The average molecular weight is 258 g/mol. The molecule has 1 rings (SSSR count).